The van der Waals surface area contributed by atoms with E-state index in [2.05, 4.69) is 0 Å². The molecule has 2 atom stereocenters. The van der Waals surface area contributed by atoms with Crippen LogP contribution in [-0.2, 0) is 21.6 Å². The molecule has 0 unspecified atom stereocenters. The highest BCUT2D eigenvalue weighted by Crippen LogP contribution is 2.49. The topological polar surface area (TPSA) is 80.4 Å². The van der Waals surface area contributed by atoms with Crippen LogP contribution < -0.4 is 5.73 Å². The number of ketones is 1. The predicted octanol–water partition coefficient (Wildman–Crippen LogP) is 5.34. The average molecular weight is 466 g/mol. The van der Waals surface area contributed by atoms with Crippen LogP contribution in [0, 0.1) is 0 Å². The SMILES string of the molecule is Nc1cc(Cl)ccc1[C@@]1(C=O)C=C(c2cccc(CO)c2)C(=O)C[C@H]1c1cccc(Cl)c1. The number of nitrogens with two attached hydrogens (primary N) is 1. The van der Waals surface area contributed by atoms with E-state index < -0.39 is 11.3 Å². The molecule has 0 bridgehead atoms. The smallest absolute Gasteiger partial charge is 0.163 e. The van der Waals surface area contributed by atoms with Gasteiger partial charge in [-0.2, -0.15) is 0 Å². The van der Waals surface area contributed by atoms with Gasteiger partial charge in [0.1, 0.15) is 6.29 Å². The van der Waals surface area contributed by atoms with Gasteiger partial charge in [-0.05, 0) is 52.6 Å². The molecule has 0 radical (unpaired) electrons. The van der Waals surface area contributed by atoms with Gasteiger partial charge in [0.05, 0.1) is 12.0 Å². The molecule has 4 nitrogen and oxygen atoms in total. The third kappa shape index (κ3) is 3.97. The van der Waals surface area contributed by atoms with E-state index in [1.165, 1.54) is 0 Å². The van der Waals surface area contributed by atoms with Gasteiger partial charge < -0.3 is 15.6 Å². The van der Waals surface area contributed by atoms with Gasteiger partial charge in [0, 0.05) is 33.6 Å². The van der Waals surface area contributed by atoms with Crippen molar-refractivity contribution in [3.8, 4) is 0 Å². The summed E-state index contributed by atoms with van der Waals surface area (Å²) >= 11 is 12.4. The van der Waals surface area contributed by atoms with Crippen LogP contribution in [0.4, 0.5) is 5.69 Å². The maximum Gasteiger partial charge on any atom is 0.163 e. The zero-order valence-electron chi connectivity index (χ0n) is 17.1. The van der Waals surface area contributed by atoms with Gasteiger partial charge >= 0.3 is 0 Å². The second-order valence-electron chi connectivity index (χ2n) is 7.93. The Morgan fingerprint density at radius 3 is 2.47 bits per heavy atom. The van der Waals surface area contributed by atoms with Crippen LogP contribution >= 0.6 is 23.2 Å². The van der Waals surface area contributed by atoms with Gasteiger partial charge in [0.2, 0.25) is 0 Å². The minimum atomic E-state index is -1.21. The number of hydrogen-bond donors (Lipinski definition) is 2. The van der Waals surface area contributed by atoms with Crippen molar-refractivity contribution in [3.05, 3.63) is 105 Å². The van der Waals surface area contributed by atoms with Gasteiger partial charge in [-0.25, -0.2) is 0 Å². The summed E-state index contributed by atoms with van der Waals surface area (Å²) in [6.07, 6.45) is 2.64. The minimum Gasteiger partial charge on any atom is -0.398 e. The molecular formula is C26H21Cl2NO3. The lowest BCUT2D eigenvalue weighted by Crippen LogP contribution is -2.39. The number of halogens is 2. The summed E-state index contributed by atoms with van der Waals surface area (Å²) in [5, 5.41) is 10.5. The number of rotatable bonds is 5. The normalized spacial score (nSPS) is 20.7. The van der Waals surface area contributed by atoms with Crippen molar-refractivity contribution in [3.63, 3.8) is 0 Å². The van der Waals surface area contributed by atoms with E-state index in [9.17, 15) is 14.7 Å². The minimum absolute atomic E-state index is 0.0936. The number of carbonyl (C=O) groups is 2. The number of aliphatic hydroxyl groups is 1. The summed E-state index contributed by atoms with van der Waals surface area (Å²) in [6, 6.07) is 19.3. The number of Topliss-reactive ketones (excluding diaryl/α,β-unsaturated/α-hetero) is 1. The summed E-state index contributed by atoms with van der Waals surface area (Å²) in [4.78, 5) is 26.2. The Balaban J connectivity index is 1.99. The van der Waals surface area contributed by atoms with E-state index in [1.54, 1.807) is 66.7 Å². The Morgan fingerprint density at radius 2 is 1.78 bits per heavy atom. The first-order valence-corrected chi connectivity index (χ1v) is 10.9. The Bertz CT molecular complexity index is 1240. The second kappa shape index (κ2) is 8.91. The van der Waals surface area contributed by atoms with Gasteiger partial charge in [-0.1, -0.05) is 65.7 Å². The van der Waals surface area contributed by atoms with Crippen molar-refractivity contribution in [2.75, 3.05) is 5.73 Å². The van der Waals surface area contributed by atoms with E-state index >= 15 is 0 Å². The molecule has 0 aliphatic heterocycles. The summed E-state index contributed by atoms with van der Waals surface area (Å²) in [6.45, 7) is -0.149. The summed E-state index contributed by atoms with van der Waals surface area (Å²) < 4.78 is 0. The number of aldehydes is 1. The highest BCUT2D eigenvalue weighted by atomic mass is 35.5. The molecule has 6 heteroatoms. The van der Waals surface area contributed by atoms with Gasteiger partial charge in [-0.3, -0.25) is 4.79 Å². The Labute approximate surface area is 196 Å². The Morgan fingerprint density at radius 1 is 1.03 bits per heavy atom. The van der Waals surface area contributed by atoms with Crippen LogP contribution in [-0.4, -0.2) is 17.2 Å². The molecule has 1 aliphatic carbocycles. The van der Waals surface area contributed by atoms with E-state index in [4.69, 9.17) is 28.9 Å². The fraction of sp³-hybridized carbons (Fsp3) is 0.154. The van der Waals surface area contributed by atoms with Crippen molar-refractivity contribution in [2.24, 2.45) is 0 Å². The van der Waals surface area contributed by atoms with Crippen molar-refractivity contribution in [1.82, 2.24) is 0 Å². The molecule has 0 amide bonds. The zero-order chi connectivity index (χ0) is 22.9. The molecule has 1 aliphatic rings. The molecule has 3 aromatic rings. The quantitative estimate of drug-likeness (QED) is 0.393. The number of benzene rings is 3. The highest BCUT2D eigenvalue weighted by Gasteiger charge is 2.46. The van der Waals surface area contributed by atoms with Crippen LogP contribution in [0.25, 0.3) is 5.57 Å². The second-order valence-corrected chi connectivity index (χ2v) is 8.81. The van der Waals surface area contributed by atoms with E-state index in [-0.39, 0.29) is 18.8 Å². The molecule has 162 valence electrons. The third-order valence-electron chi connectivity index (χ3n) is 6.00. The van der Waals surface area contributed by atoms with Gasteiger partial charge in [-0.15, -0.1) is 0 Å². The first-order chi connectivity index (χ1) is 15.4. The molecule has 3 aromatic carbocycles. The maximum absolute atomic E-state index is 13.3. The molecule has 32 heavy (non-hydrogen) atoms. The zero-order valence-corrected chi connectivity index (χ0v) is 18.6. The summed E-state index contributed by atoms with van der Waals surface area (Å²) in [7, 11) is 0. The molecule has 0 aromatic heterocycles. The van der Waals surface area contributed by atoms with E-state index in [1.807, 2.05) is 6.07 Å². The van der Waals surface area contributed by atoms with Crippen molar-refractivity contribution in [2.45, 2.75) is 24.4 Å². The molecule has 4 rings (SSSR count). The van der Waals surface area contributed by atoms with Crippen molar-refractivity contribution >= 4 is 46.5 Å². The lowest BCUT2D eigenvalue weighted by molar-refractivity contribution is -0.116. The molecular weight excluding hydrogens is 445 g/mol. The van der Waals surface area contributed by atoms with Crippen LogP contribution in [0.15, 0.2) is 72.8 Å². The Hall–Kier alpha value is -2.92. The average Bonchev–Trinajstić information content (AvgIpc) is 2.79. The fourth-order valence-electron chi connectivity index (χ4n) is 4.46. The largest absolute Gasteiger partial charge is 0.398 e. The summed E-state index contributed by atoms with van der Waals surface area (Å²) in [5.41, 5.74) is 8.57. The highest BCUT2D eigenvalue weighted by molar-refractivity contribution is 6.31. The van der Waals surface area contributed by atoms with Crippen LogP contribution in [0.1, 0.15) is 34.6 Å². The number of allylic oxidation sites excluding steroid dienone is 2. The number of carbonyl (C=O) groups excluding carboxylic acids is 2. The number of nitrogen functional groups attached to an aromatic ring is 1. The molecule has 0 heterocycles. The molecule has 0 spiro atoms. The van der Waals surface area contributed by atoms with Gasteiger partial charge in [0.25, 0.3) is 0 Å². The van der Waals surface area contributed by atoms with Crippen molar-refractivity contribution < 1.29 is 14.7 Å². The van der Waals surface area contributed by atoms with Crippen LogP contribution in [0.3, 0.4) is 0 Å². The van der Waals surface area contributed by atoms with Crippen molar-refractivity contribution in [1.29, 1.82) is 0 Å². The molecule has 3 N–H and O–H groups in total. The first kappa shape index (κ1) is 22.3. The number of hydrogen-bond acceptors (Lipinski definition) is 4. The number of aliphatic hydroxyl groups excluding tert-OH is 1. The van der Waals surface area contributed by atoms with E-state index in [0.29, 0.717) is 38.0 Å². The lowest BCUT2D eigenvalue weighted by atomic mass is 9.61. The lowest BCUT2D eigenvalue weighted by Gasteiger charge is -2.39. The fourth-order valence-corrected chi connectivity index (χ4v) is 4.83. The maximum atomic E-state index is 13.3. The third-order valence-corrected chi connectivity index (χ3v) is 6.47. The summed E-state index contributed by atoms with van der Waals surface area (Å²) in [5.74, 6) is -0.602. The van der Waals surface area contributed by atoms with Gasteiger partial charge in [0.15, 0.2) is 5.78 Å². The molecule has 0 saturated heterocycles. The standard InChI is InChI=1S/C26H21Cl2NO3/c27-19-6-2-5-18(10-19)23-12-25(32)21(17-4-1-3-16(9-17)14-30)13-26(23,15-31)22-8-7-20(28)11-24(22)29/h1-11,13,15,23,30H,12,14,29H2/t23-,26-/m0/s1. The van der Waals surface area contributed by atoms with Crippen LogP contribution in [0.5, 0.6) is 0 Å². The molecule has 0 saturated carbocycles. The number of anilines is 1. The monoisotopic (exact) mass is 465 g/mol. The predicted molar refractivity (Wildman–Crippen MR) is 128 cm³/mol. The Kier molecular flexibility index (Phi) is 6.20. The van der Waals surface area contributed by atoms with Crippen LogP contribution in [0.2, 0.25) is 10.0 Å². The first-order valence-electron chi connectivity index (χ1n) is 10.1. The molecule has 0 fully saturated rings. The van der Waals surface area contributed by atoms with E-state index in [0.717, 1.165) is 11.8 Å².